The Bertz CT molecular complexity index is 958. The van der Waals surface area contributed by atoms with Crippen molar-refractivity contribution in [1.29, 1.82) is 0 Å². The van der Waals surface area contributed by atoms with Gasteiger partial charge in [0.2, 0.25) is 0 Å². The highest BCUT2D eigenvalue weighted by Crippen LogP contribution is 2.36. The molecule has 0 atom stereocenters. The van der Waals surface area contributed by atoms with E-state index in [4.69, 9.17) is 10.5 Å². The maximum Gasteiger partial charge on any atom is 0.266 e. The normalized spacial score (nSPS) is 15.8. The highest BCUT2D eigenvalue weighted by molar-refractivity contribution is 7.21. The number of ether oxygens (including phenoxy) is 1. The second-order valence-electron chi connectivity index (χ2n) is 6.72. The third kappa shape index (κ3) is 2.80. The molecule has 4 rings (SSSR count). The van der Waals surface area contributed by atoms with Crippen LogP contribution in [0.5, 0.6) is 5.75 Å². The Hall–Kier alpha value is -2.34. The molecule has 2 N–H and O–H groups in total. The Morgan fingerprint density at radius 1 is 1.32 bits per heavy atom. The zero-order valence-electron chi connectivity index (χ0n) is 14.4. The van der Waals surface area contributed by atoms with Gasteiger partial charge in [0.15, 0.2) is 0 Å². The quantitative estimate of drug-likeness (QED) is 0.757. The SMILES string of the molecule is COc1ccc2nc3sc(C(=O)N4CCC(C)CC4)c(N)c3cc2c1. The summed E-state index contributed by atoms with van der Waals surface area (Å²) in [5.74, 6) is 1.50. The molecule has 130 valence electrons. The van der Waals surface area contributed by atoms with E-state index in [1.165, 1.54) is 11.3 Å². The first-order valence-electron chi connectivity index (χ1n) is 8.53. The standard InChI is InChI=1S/C19H21N3O2S/c1-11-5-7-22(8-6-11)19(23)17-16(20)14-10-12-9-13(24-2)3-4-15(12)21-18(14)25-17/h3-4,9-11H,5-8,20H2,1-2H3. The van der Waals surface area contributed by atoms with Crippen LogP contribution in [0.25, 0.3) is 21.1 Å². The van der Waals surface area contributed by atoms with Crippen molar-refractivity contribution in [2.75, 3.05) is 25.9 Å². The van der Waals surface area contributed by atoms with Gasteiger partial charge in [-0.05, 0) is 43.0 Å². The highest BCUT2D eigenvalue weighted by atomic mass is 32.1. The minimum Gasteiger partial charge on any atom is -0.497 e. The summed E-state index contributed by atoms with van der Waals surface area (Å²) in [6, 6.07) is 7.75. The second kappa shape index (κ2) is 6.19. The van der Waals surface area contributed by atoms with Crippen molar-refractivity contribution in [3.8, 4) is 5.75 Å². The predicted octanol–water partition coefficient (Wildman–Crippen LogP) is 3.91. The molecule has 1 aliphatic rings. The number of nitrogens with two attached hydrogens (primary N) is 1. The van der Waals surface area contributed by atoms with Crippen LogP contribution in [0.15, 0.2) is 24.3 Å². The van der Waals surface area contributed by atoms with Crippen LogP contribution in [0.2, 0.25) is 0 Å². The largest absolute Gasteiger partial charge is 0.497 e. The number of anilines is 1. The molecule has 0 spiro atoms. The van der Waals surface area contributed by atoms with Crippen molar-refractivity contribution >= 4 is 44.1 Å². The molecule has 1 amide bonds. The van der Waals surface area contributed by atoms with Gasteiger partial charge < -0.3 is 15.4 Å². The molecule has 0 unspecified atom stereocenters. The third-order valence-corrected chi connectivity index (χ3v) is 6.09. The average Bonchev–Trinajstić information content (AvgIpc) is 2.95. The maximum absolute atomic E-state index is 12.9. The van der Waals surface area contributed by atoms with Gasteiger partial charge >= 0.3 is 0 Å². The molecule has 0 saturated carbocycles. The lowest BCUT2D eigenvalue weighted by Gasteiger charge is -2.30. The molecular formula is C19H21N3O2S. The fraction of sp³-hybridized carbons (Fsp3) is 0.368. The lowest BCUT2D eigenvalue weighted by atomic mass is 9.99. The van der Waals surface area contributed by atoms with E-state index in [0.717, 1.165) is 52.8 Å². The Morgan fingerprint density at radius 2 is 2.08 bits per heavy atom. The van der Waals surface area contributed by atoms with Crippen LogP contribution >= 0.6 is 11.3 Å². The second-order valence-corrected chi connectivity index (χ2v) is 7.72. The molecule has 0 bridgehead atoms. The fourth-order valence-electron chi connectivity index (χ4n) is 3.32. The summed E-state index contributed by atoms with van der Waals surface area (Å²) in [5.41, 5.74) is 7.74. The van der Waals surface area contributed by atoms with Crippen LogP contribution in [0.4, 0.5) is 5.69 Å². The number of nitrogens with zero attached hydrogens (tertiary/aromatic N) is 2. The Kier molecular flexibility index (Phi) is 4.00. The molecule has 3 heterocycles. The molecule has 2 aromatic heterocycles. The van der Waals surface area contributed by atoms with E-state index >= 15 is 0 Å². The van der Waals surface area contributed by atoms with Gasteiger partial charge in [-0.3, -0.25) is 4.79 Å². The number of piperidine rings is 1. The number of hydrogen-bond donors (Lipinski definition) is 1. The number of likely N-dealkylation sites (tertiary alicyclic amines) is 1. The van der Waals surface area contributed by atoms with Gasteiger partial charge in [-0.2, -0.15) is 0 Å². The fourth-order valence-corrected chi connectivity index (χ4v) is 4.38. The van der Waals surface area contributed by atoms with Gasteiger partial charge in [-0.25, -0.2) is 4.98 Å². The Labute approximate surface area is 150 Å². The number of amides is 1. The minimum absolute atomic E-state index is 0.0361. The summed E-state index contributed by atoms with van der Waals surface area (Å²) in [6.45, 7) is 3.85. The van der Waals surface area contributed by atoms with E-state index in [-0.39, 0.29) is 5.91 Å². The number of rotatable bonds is 2. The summed E-state index contributed by atoms with van der Waals surface area (Å²) in [5, 5.41) is 1.81. The van der Waals surface area contributed by atoms with E-state index in [2.05, 4.69) is 11.9 Å². The summed E-state index contributed by atoms with van der Waals surface area (Å²) in [7, 11) is 1.64. The molecule has 0 radical (unpaired) electrons. The number of hydrogen-bond acceptors (Lipinski definition) is 5. The first kappa shape index (κ1) is 16.1. The molecule has 0 aliphatic carbocycles. The number of aromatic nitrogens is 1. The molecule has 1 fully saturated rings. The van der Waals surface area contributed by atoms with Crippen LogP contribution in [-0.2, 0) is 0 Å². The molecular weight excluding hydrogens is 334 g/mol. The van der Waals surface area contributed by atoms with Crippen LogP contribution < -0.4 is 10.5 Å². The van der Waals surface area contributed by atoms with E-state index in [1.54, 1.807) is 7.11 Å². The molecule has 1 saturated heterocycles. The molecule has 25 heavy (non-hydrogen) atoms. The smallest absolute Gasteiger partial charge is 0.266 e. The molecule has 3 aromatic rings. The van der Waals surface area contributed by atoms with Crippen molar-refractivity contribution in [2.45, 2.75) is 19.8 Å². The van der Waals surface area contributed by atoms with Gasteiger partial charge in [0.1, 0.15) is 15.5 Å². The van der Waals surface area contributed by atoms with E-state index in [1.807, 2.05) is 29.2 Å². The molecule has 1 aliphatic heterocycles. The first-order valence-corrected chi connectivity index (χ1v) is 9.34. The highest BCUT2D eigenvalue weighted by Gasteiger charge is 2.25. The zero-order chi connectivity index (χ0) is 17.6. The van der Waals surface area contributed by atoms with E-state index in [9.17, 15) is 4.79 Å². The van der Waals surface area contributed by atoms with Crippen molar-refractivity contribution in [2.24, 2.45) is 5.92 Å². The summed E-state index contributed by atoms with van der Waals surface area (Å²) < 4.78 is 5.28. The van der Waals surface area contributed by atoms with Crippen molar-refractivity contribution in [3.63, 3.8) is 0 Å². The topological polar surface area (TPSA) is 68.5 Å². The average molecular weight is 355 g/mol. The lowest BCUT2D eigenvalue weighted by molar-refractivity contribution is 0.0703. The van der Waals surface area contributed by atoms with Gasteiger partial charge in [-0.1, -0.05) is 6.92 Å². The van der Waals surface area contributed by atoms with E-state index < -0.39 is 0 Å². The predicted molar refractivity (Wildman–Crippen MR) is 102 cm³/mol. The number of fused-ring (bicyclic) bond motifs is 2. The summed E-state index contributed by atoms with van der Waals surface area (Å²) in [6.07, 6.45) is 2.11. The Balaban J connectivity index is 1.76. The van der Waals surface area contributed by atoms with Crippen LogP contribution in [0, 0.1) is 5.92 Å². The van der Waals surface area contributed by atoms with Crippen molar-refractivity contribution in [1.82, 2.24) is 9.88 Å². The molecule has 6 heteroatoms. The van der Waals surface area contributed by atoms with Gasteiger partial charge in [-0.15, -0.1) is 11.3 Å². The zero-order valence-corrected chi connectivity index (χ0v) is 15.2. The van der Waals surface area contributed by atoms with Crippen LogP contribution in [0.3, 0.4) is 0 Å². The number of carbonyl (C=O) groups is 1. The molecule has 5 nitrogen and oxygen atoms in total. The van der Waals surface area contributed by atoms with Gasteiger partial charge in [0.05, 0.1) is 18.3 Å². The number of carbonyl (C=O) groups excluding carboxylic acids is 1. The third-order valence-electron chi connectivity index (χ3n) is 4.99. The van der Waals surface area contributed by atoms with Crippen molar-refractivity contribution < 1.29 is 9.53 Å². The monoisotopic (exact) mass is 355 g/mol. The number of methoxy groups -OCH3 is 1. The maximum atomic E-state index is 12.9. The number of benzene rings is 1. The Morgan fingerprint density at radius 3 is 2.80 bits per heavy atom. The summed E-state index contributed by atoms with van der Waals surface area (Å²) >= 11 is 1.39. The summed E-state index contributed by atoms with van der Waals surface area (Å²) in [4.78, 5) is 20.9. The lowest BCUT2D eigenvalue weighted by Crippen LogP contribution is -2.37. The number of pyridine rings is 1. The first-order chi connectivity index (χ1) is 12.1. The van der Waals surface area contributed by atoms with Gasteiger partial charge in [0.25, 0.3) is 5.91 Å². The molecule has 1 aromatic carbocycles. The van der Waals surface area contributed by atoms with Crippen molar-refractivity contribution in [3.05, 3.63) is 29.1 Å². The van der Waals surface area contributed by atoms with E-state index in [0.29, 0.717) is 16.5 Å². The van der Waals surface area contributed by atoms with Gasteiger partial charge in [0, 0.05) is 23.9 Å². The number of thiophene rings is 1. The van der Waals surface area contributed by atoms with Crippen LogP contribution in [-0.4, -0.2) is 36.0 Å². The van der Waals surface area contributed by atoms with Crippen LogP contribution in [0.1, 0.15) is 29.4 Å². The number of nitrogen functional groups attached to an aromatic ring is 1. The minimum atomic E-state index is 0.0361.